The van der Waals surface area contributed by atoms with Gasteiger partial charge in [-0.3, -0.25) is 0 Å². The van der Waals surface area contributed by atoms with Crippen LogP contribution >= 0.6 is 34.5 Å². The SMILES string of the molecule is COc1ccc(Cl)cc1-c1noc(-c2nn3c(C(F)(F)F)cc(-c4cccs4)nc3c2Cl)n1. The summed E-state index contributed by atoms with van der Waals surface area (Å²) >= 11 is 13.7. The molecular formula is C20H10Cl2F3N5O2S. The van der Waals surface area contributed by atoms with Crippen molar-refractivity contribution in [3.8, 4) is 39.3 Å². The standard InChI is InChI=1S/C20H10Cl2F3N5O2S/c1-31-12-5-4-9(21)7-10(12)17-27-19(32-29-17)16-15(22)18-26-11(13-3-2-6-33-13)8-14(20(23,24)25)30(18)28-16/h2-8H,1H3. The second-order valence-corrected chi connectivity index (χ2v) is 8.43. The number of hydrogen-bond donors (Lipinski definition) is 0. The molecule has 0 aliphatic carbocycles. The number of rotatable bonds is 4. The number of fused-ring (bicyclic) bond motifs is 1. The molecule has 0 aliphatic heterocycles. The summed E-state index contributed by atoms with van der Waals surface area (Å²) in [5.74, 6) is 0.337. The van der Waals surface area contributed by atoms with E-state index in [-0.39, 0.29) is 33.8 Å². The fourth-order valence-electron chi connectivity index (χ4n) is 3.16. The molecule has 4 aromatic heterocycles. The van der Waals surface area contributed by atoms with Crippen LogP contribution in [0.25, 0.3) is 39.2 Å². The van der Waals surface area contributed by atoms with Gasteiger partial charge < -0.3 is 9.26 Å². The van der Waals surface area contributed by atoms with Crippen LogP contribution in [0.2, 0.25) is 10.0 Å². The fourth-order valence-corrected chi connectivity index (χ4v) is 4.26. The van der Waals surface area contributed by atoms with Gasteiger partial charge >= 0.3 is 6.18 Å². The molecule has 5 aromatic rings. The van der Waals surface area contributed by atoms with Crippen LogP contribution in [0, 0.1) is 0 Å². The predicted octanol–water partition coefficient (Wildman–Crippen LogP) is 6.51. The van der Waals surface area contributed by atoms with Gasteiger partial charge in [0, 0.05) is 5.02 Å². The molecule has 0 atom stereocenters. The van der Waals surface area contributed by atoms with E-state index in [0.717, 1.165) is 6.07 Å². The van der Waals surface area contributed by atoms with Crippen molar-refractivity contribution in [2.75, 3.05) is 7.11 Å². The minimum atomic E-state index is -4.71. The summed E-state index contributed by atoms with van der Waals surface area (Å²) < 4.78 is 52.6. The van der Waals surface area contributed by atoms with Crippen molar-refractivity contribution in [3.05, 3.63) is 57.5 Å². The summed E-state index contributed by atoms with van der Waals surface area (Å²) in [5.41, 5.74) is -0.829. The van der Waals surface area contributed by atoms with Crippen LogP contribution in [0.1, 0.15) is 5.69 Å². The molecule has 7 nitrogen and oxygen atoms in total. The highest BCUT2D eigenvalue weighted by Crippen LogP contribution is 2.38. The maximum Gasteiger partial charge on any atom is 0.433 e. The highest BCUT2D eigenvalue weighted by Gasteiger charge is 2.37. The molecule has 0 fully saturated rings. The molecule has 0 amide bonds. The van der Waals surface area contributed by atoms with Crippen molar-refractivity contribution in [2.45, 2.75) is 6.18 Å². The third kappa shape index (κ3) is 3.81. The van der Waals surface area contributed by atoms with E-state index in [4.69, 9.17) is 32.5 Å². The van der Waals surface area contributed by atoms with Crippen molar-refractivity contribution < 1.29 is 22.4 Å². The van der Waals surface area contributed by atoms with E-state index >= 15 is 0 Å². The number of ether oxygens (including phenoxy) is 1. The summed E-state index contributed by atoms with van der Waals surface area (Å²) in [6, 6.07) is 9.11. The molecule has 0 spiro atoms. The number of alkyl halides is 3. The van der Waals surface area contributed by atoms with Gasteiger partial charge in [-0.2, -0.15) is 23.3 Å². The molecule has 0 N–H and O–H groups in total. The van der Waals surface area contributed by atoms with Gasteiger partial charge in [-0.1, -0.05) is 34.4 Å². The van der Waals surface area contributed by atoms with E-state index < -0.39 is 11.9 Å². The number of nitrogens with zero attached hydrogens (tertiary/aromatic N) is 5. The molecule has 168 valence electrons. The van der Waals surface area contributed by atoms with Crippen LogP contribution in [-0.2, 0) is 6.18 Å². The Labute approximate surface area is 197 Å². The number of halogens is 5. The second-order valence-electron chi connectivity index (χ2n) is 6.67. The fraction of sp³-hybridized carbons (Fsp3) is 0.100. The van der Waals surface area contributed by atoms with Crippen LogP contribution in [0.5, 0.6) is 5.75 Å². The van der Waals surface area contributed by atoms with Crippen LogP contribution in [-0.4, -0.2) is 31.8 Å². The van der Waals surface area contributed by atoms with Gasteiger partial charge in [-0.05, 0) is 35.7 Å². The lowest BCUT2D eigenvalue weighted by molar-refractivity contribution is -0.142. The van der Waals surface area contributed by atoms with E-state index in [2.05, 4.69) is 20.2 Å². The minimum absolute atomic E-state index is 0.0979. The van der Waals surface area contributed by atoms with Crippen LogP contribution in [0.3, 0.4) is 0 Å². The first-order valence-corrected chi connectivity index (χ1v) is 10.8. The largest absolute Gasteiger partial charge is 0.496 e. The molecule has 0 unspecified atom stereocenters. The number of hydrogen-bond acceptors (Lipinski definition) is 7. The van der Waals surface area contributed by atoms with Gasteiger partial charge in [-0.25, -0.2) is 9.50 Å². The third-order valence-electron chi connectivity index (χ3n) is 4.63. The number of methoxy groups -OCH3 is 1. The molecule has 5 rings (SSSR count). The molecule has 13 heteroatoms. The molecular weight excluding hydrogens is 502 g/mol. The summed E-state index contributed by atoms with van der Waals surface area (Å²) in [6.07, 6.45) is -4.71. The van der Waals surface area contributed by atoms with Gasteiger partial charge in [0.2, 0.25) is 5.82 Å². The van der Waals surface area contributed by atoms with Crippen molar-refractivity contribution in [1.29, 1.82) is 0 Å². The van der Waals surface area contributed by atoms with E-state index in [1.807, 2.05) is 0 Å². The van der Waals surface area contributed by atoms with Gasteiger partial charge in [0.15, 0.2) is 17.0 Å². The Kier molecular flexibility index (Phi) is 5.26. The Morgan fingerprint density at radius 2 is 1.94 bits per heavy atom. The first-order chi connectivity index (χ1) is 15.8. The molecule has 1 aromatic carbocycles. The van der Waals surface area contributed by atoms with Gasteiger partial charge in [0.05, 0.1) is 23.2 Å². The van der Waals surface area contributed by atoms with E-state index in [0.29, 0.717) is 25.7 Å². The zero-order valence-corrected chi connectivity index (χ0v) is 18.7. The summed E-state index contributed by atoms with van der Waals surface area (Å²) in [6.45, 7) is 0. The van der Waals surface area contributed by atoms with Crippen molar-refractivity contribution in [3.63, 3.8) is 0 Å². The molecule has 0 aliphatic rings. The van der Waals surface area contributed by atoms with Crippen molar-refractivity contribution in [2.24, 2.45) is 0 Å². The molecule has 0 saturated carbocycles. The number of benzene rings is 1. The summed E-state index contributed by atoms with van der Waals surface area (Å²) in [4.78, 5) is 9.08. The molecule has 0 radical (unpaired) electrons. The molecule has 33 heavy (non-hydrogen) atoms. The number of aromatic nitrogens is 5. The summed E-state index contributed by atoms with van der Waals surface area (Å²) in [7, 11) is 1.46. The number of thiophene rings is 1. The zero-order valence-electron chi connectivity index (χ0n) is 16.4. The Morgan fingerprint density at radius 3 is 2.64 bits per heavy atom. The summed E-state index contributed by atoms with van der Waals surface area (Å²) in [5, 5.41) is 9.85. The van der Waals surface area contributed by atoms with E-state index in [9.17, 15) is 13.2 Å². The van der Waals surface area contributed by atoms with E-state index in [1.54, 1.807) is 35.7 Å². The average molecular weight is 512 g/mol. The first kappa shape index (κ1) is 21.7. The third-order valence-corrected chi connectivity index (χ3v) is 6.10. The van der Waals surface area contributed by atoms with Crippen LogP contribution < -0.4 is 4.74 Å². The van der Waals surface area contributed by atoms with Gasteiger partial charge in [0.1, 0.15) is 10.8 Å². The van der Waals surface area contributed by atoms with Crippen LogP contribution in [0.15, 0.2) is 46.3 Å². The topological polar surface area (TPSA) is 78.3 Å². The van der Waals surface area contributed by atoms with Gasteiger partial charge in [0.25, 0.3) is 5.89 Å². The lowest BCUT2D eigenvalue weighted by Crippen LogP contribution is -2.13. The average Bonchev–Trinajstić information content (AvgIpc) is 3.53. The lowest BCUT2D eigenvalue weighted by atomic mass is 10.2. The first-order valence-electron chi connectivity index (χ1n) is 9.14. The molecule has 0 bridgehead atoms. The quantitative estimate of drug-likeness (QED) is 0.273. The molecule has 0 saturated heterocycles. The van der Waals surface area contributed by atoms with Crippen molar-refractivity contribution >= 4 is 40.2 Å². The maximum absolute atomic E-state index is 13.8. The normalized spacial score (nSPS) is 11.9. The maximum atomic E-state index is 13.8. The Bertz CT molecular complexity index is 1480. The minimum Gasteiger partial charge on any atom is -0.496 e. The zero-order chi connectivity index (χ0) is 23.3. The highest BCUT2D eigenvalue weighted by atomic mass is 35.5. The highest BCUT2D eigenvalue weighted by molar-refractivity contribution is 7.13. The Balaban J connectivity index is 1.68. The Morgan fingerprint density at radius 1 is 1.12 bits per heavy atom. The lowest BCUT2D eigenvalue weighted by Gasteiger charge is -2.10. The Hall–Kier alpha value is -3.15. The monoisotopic (exact) mass is 511 g/mol. The van der Waals surface area contributed by atoms with E-state index in [1.165, 1.54) is 18.4 Å². The molecule has 4 heterocycles. The van der Waals surface area contributed by atoms with Crippen molar-refractivity contribution in [1.82, 2.24) is 24.7 Å². The van der Waals surface area contributed by atoms with Crippen LogP contribution in [0.4, 0.5) is 13.2 Å². The smallest absolute Gasteiger partial charge is 0.433 e. The van der Waals surface area contributed by atoms with Gasteiger partial charge in [-0.15, -0.1) is 11.3 Å². The second kappa shape index (κ2) is 8.01. The predicted molar refractivity (Wildman–Crippen MR) is 117 cm³/mol.